The molecule has 4 nitrogen and oxygen atoms in total. The van der Waals surface area contributed by atoms with Gasteiger partial charge >= 0.3 is 0 Å². The van der Waals surface area contributed by atoms with Crippen LogP contribution in [0, 0.1) is 13.8 Å². The van der Waals surface area contributed by atoms with E-state index in [0.717, 1.165) is 42.6 Å². The van der Waals surface area contributed by atoms with Crippen molar-refractivity contribution in [1.82, 2.24) is 4.90 Å². The highest BCUT2D eigenvalue weighted by Gasteiger charge is 2.32. The van der Waals surface area contributed by atoms with Gasteiger partial charge in [0, 0.05) is 7.05 Å². The second-order valence-corrected chi connectivity index (χ2v) is 6.40. The summed E-state index contributed by atoms with van der Waals surface area (Å²) in [4.78, 5) is 14.2. The molecule has 1 aromatic rings. The van der Waals surface area contributed by atoms with Crippen molar-refractivity contribution in [2.24, 2.45) is 0 Å². The third-order valence-corrected chi connectivity index (χ3v) is 4.53. The van der Waals surface area contributed by atoms with Gasteiger partial charge < -0.3 is 14.7 Å². The van der Waals surface area contributed by atoms with Gasteiger partial charge in [0.15, 0.2) is 6.10 Å². The average molecular weight is 305 g/mol. The van der Waals surface area contributed by atoms with E-state index in [1.165, 1.54) is 0 Å². The minimum absolute atomic E-state index is 0.0770. The maximum atomic E-state index is 12.6. The molecule has 1 saturated carbocycles. The highest BCUT2D eigenvalue weighted by atomic mass is 16.5. The molecule has 0 spiro atoms. The Balaban J connectivity index is 2.03. The summed E-state index contributed by atoms with van der Waals surface area (Å²) in [5.41, 5.74) is 2.13. The van der Waals surface area contributed by atoms with Crippen LogP contribution in [-0.4, -0.2) is 41.2 Å². The zero-order chi connectivity index (χ0) is 16.3. The van der Waals surface area contributed by atoms with E-state index in [1.54, 1.807) is 18.9 Å². The van der Waals surface area contributed by atoms with Crippen molar-refractivity contribution < 1.29 is 14.6 Å². The fourth-order valence-electron chi connectivity index (χ4n) is 3.07. The SMILES string of the molecule is Cc1ccc(C)c(O[C@H](C)C(=O)N(C)[C@@H]2CCCC[C@@H]2O)c1. The normalized spacial score (nSPS) is 23.0. The van der Waals surface area contributed by atoms with E-state index in [2.05, 4.69) is 0 Å². The lowest BCUT2D eigenvalue weighted by Gasteiger charge is -2.36. The third-order valence-electron chi connectivity index (χ3n) is 4.53. The molecule has 1 N–H and O–H groups in total. The van der Waals surface area contributed by atoms with Crippen LogP contribution in [0.1, 0.15) is 43.7 Å². The van der Waals surface area contributed by atoms with Gasteiger partial charge in [-0.1, -0.05) is 25.0 Å². The molecule has 122 valence electrons. The van der Waals surface area contributed by atoms with Crippen LogP contribution in [0.4, 0.5) is 0 Å². The molecule has 0 aliphatic heterocycles. The lowest BCUT2D eigenvalue weighted by molar-refractivity contribution is -0.142. The maximum Gasteiger partial charge on any atom is 0.263 e. The van der Waals surface area contributed by atoms with Gasteiger partial charge in [-0.2, -0.15) is 0 Å². The van der Waals surface area contributed by atoms with Crippen LogP contribution in [0.3, 0.4) is 0 Å². The van der Waals surface area contributed by atoms with Crippen molar-refractivity contribution in [3.63, 3.8) is 0 Å². The minimum atomic E-state index is -0.556. The molecule has 1 fully saturated rings. The van der Waals surface area contributed by atoms with Crippen molar-refractivity contribution in [1.29, 1.82) is 0 Å². The molecule has 4 heteroatoms. The first-order valence-corrected chi connectivity index (χ1v) is 8.09. The predicted octanol–water partition coefficient (Wildman–Crippen LogP) is 2.83. The van der Waals surface area contributed by atoms with Gasteiger partial charge in [-0.15, -0.1) is 0 Å². The minimum Gasteiger partial charge on any atom is -0.481 e. The number of amides is 1. The second kappa shape index (κ2) is 7.14. The van der Waals surface area contributed by atoms with Crippen molar-refractivity contribution in [3.05, 3.63) is 29.3 Å². The van der Waals surface area contributed by atoms with E-state index in [0.29, 0.717) is 0 Å². The molecule has 0 unspecified atom stereocenters. The summed E-state index contributed by atoms with van der Waals surface area (Å²) < 4.78 is 5.86. The number of ether oxygens (including phenoxy) is 1. The zero-order valence-corrected chi connectivity index (χ0v) is 14.0. The molecule has 0 heterocycles. The van der Waals surface area contributed by atoms with Gasteiger partial charge in [-0.3, -0.25) is 4.79 Å². The van der Waals surface area contributed by atoms with Crippen LogP contribution in [0.2, 0.25) is 0 Å². The van der Waals surface area contributed by atoms with Crippen LogP contribution >= 0.6 is 0 Å². The highest BCUT2D eigenvalue weighted by molar-refractivity contribution is 5.81. The molecule has 3 atom stereocenters. The van der Waals surface area contributed by atoms with Gasteiger partial charge in [0.2, 0.25) is 0 Å². The number of aliphatic hydroxyl groups is 1. The summed E-state index contributed by atoms with van der Waals surface area (Å²) in [7, 11) is 1.77. The van der Waals surface area contributed by atoms with Crippen molar-refractivity contribution in [2.75, 3.05) is 7.05 Å². The Bertz CT molecular complexity index is 529. The van der Waals surface area contributed by atoms with Crippen LogP contribution < -0.4 is 4.74 Å². The Hall–Kier alpha value is -1.55. The van der Waals surface area contributed by atoms with Gasteiger partial charge in [0.25, 0.3) is 5.91 Å². The molecule has 1 amide bonds. The number of rotatable bonds is 4. The number of hydrogen-bond donors (Lipinski definition) is 1. The topological polar surface area (TPSA) is 49.8 Å². The van der Waals surface area contributed by atoms with Gasteiger partial charge in [-0.05, 0) is 50.8 Å². The molecule has 0 saturated heterocycles. The quantitative estimate of drug-likeness (QED) is 0.930. The Labute approximate surface area is 133 Å². The number of aryl methyl sites for hydroxylation is 2. The number of likely N-dealkylation sites (N-methyl/N-ethyl adjacent to an activating group) is 1. The smallest absolute Gasteiger partial charge is 0.263 e. The third kappa shape index (κ3) is 3.80. The predicted molar refractivity (Wildman–Crippen MR) is 87.0 cm³/mol. The molecule has 22 heavy (non-hydrogen) atoms. The highest BCUT2D eigenvalue weighted by Crippen LogP contribution is 2.24. The maximum absolute atomic E-state index is 12.6. The summed E-state index contributed by atoms with van der Waals surface area (Å²) in [6, 6.07) is 5.88. The lowest BCUT2D eigenvalue weighted by Crippen LogP contribution is -2.50. The number of carbonyl (C=O) groups excluding carboxylic acids is 1. The summed E-state index contributed by atoms with van der Waals surface area (Å²) in [6.45, 7) is 5.75. The number of carbonyl (C=O) groups is 1. The van der Waals surface area contributed by atoms with E-state index < -0.39 is 12.2 Å². The number of hydrogen-bond acceptors (Lipinski definition) is 3. The van der Waals surface area contributed by atoms with E-state index in [1.807, 2.05) is 32.0 Å². The van der Waals surface area contributed by atoms with E-state index in [4.69, 9.17) is 4.74 Å². The monoisotopic (exact) mass is 305 g/mol. The number of benzene rings is 1. The molecule has 1 aromatic carbocycles. The fourth-order valence-corrected chi connectivity index (χ4v) is 3.07. The summed E-state index contributed by atoms with van der Waals surface area (Å²) >= 11 is 0. The first kappa shape index (κ1) is 16.8. The molecule has 0 aromatic heterocycles. The van der Waals surface area contributed by atoms with Crippen molar-refractivity contribution in [2.45, 2.75) is 64.7 Å². The largest absolute Gasteiger partial charge is 0.481 e. The van der Waals surface area contributed by atoms with Crippen molar-refractivity contribution >= 4 is 5.91 Å². The van der Waals surface area contributed by atoms with E-state index >= 15 is 0 Å². The molecule has 0 radical (unpaired) electrons. The first-order chi connectivity index (χ1) is 10.4. The number of nitrogens with zero attached hydrogens (tertiary/aromatic N) is 1. The zero-order valence-electron chi connectivity index (χ0n) is 14.0. The van der Waals surface area contributed by atoms with Crippen LogP contribution in [-0.2, 0) is 4.79 Å². The van der Waals surface area contributed by atoms with Gasteiger partial charge in [0.05, 0.1) is 12.1 Å². The van der Waals surface area contributed by atoms with Gasteiger partial charge in [0.1, 0.15) is 5.75 Å². The molecule has 1 aliphatic rings. The molecule has 2 rings (SSSR count). The molecule has 0 bridgehead atoms. The van der Waals surface area contributed by atoms with Gasteiger partial charge in [-0.25, -0.2) is 0 Å². The summed E-state index contributed by atoms with van der Waals surface area (Å²) in [5, 5.41) is 10.1. The first-order valence-electron chi connectivity index (χ1n) is 8.09. The molecular weight excluding hydrogens is 278 g/mol. The Morgan fingerprint density at radius 2 is 2.00 bits per heavy atom. The average Bonchev–Trinajstić information content (AvgIpc) is 2.50. The van der Waals surface area contributed by atoms with Crippen molar-refractivity contribution in [3.8, 4) is 5.75 Å². The molecular formula is C18H27NO3. The number of aliphatic hydroxyl groups excluding tert-OH is 1. The Kier molecular flexibility index (Phi) is 5.46. The van der Waals surface area contributed by atoms with Crippen LogP contribution in [0.15, 0.2) is 18.2 Å². The Morgan fingerprint density at radius 3 is 2.68 bits per heavy atom. The Morgan fingerprint density at radius 1 is 1.32 bits per heavy atom. The standard InChI is InChI=1S/C18H27NO3/c1-12-9-10-13(2)17(11-12)22-14(3)18(21)19(4)15-7-5-6-8-16(15)20/h9-11,14-16,20H,5-8H2,1-4H3/t14-,15-,16+/m1/s1. The van der Waals surface area contributed by atoms with E-state index in [9.17, 15) is 9.90 Å². The molecule has 1 aliphatic carbocycles. The summed E-state index contributed by atoms with van der Waals surface area (Å²) in [6.07, 6.45) is 2.75. The second-order valence-electron chi connectivity index (χ2n) is 6.40. The summed E-state index contributed by atoms with van der Waals surface area (Å²) in [5.74, 6) is 0.672. The van der Waals surface area contributed by atoms with E-state index in [-0.39, 0.29) is 11.9 Å². The fraction of sp³-hybridized carbons (Fsp3) is 0.611. The van der Waals surface area contributed by atoms with Crippen LogP contribution in [0.5, 0.6) is 5.75 Å². The van der Waals surface area contributed by atoms with Crippen LogP contribution in [0.25, 0.3) is 0 Å². The lowest BCUT2D eigenvalue weighted by atomic mass is 9.91.